The van der Waals surface area contributed by atoms with Gasteiger partial charge < -0.3 is 14.5 Å². The lowest BCUT2D eigenvalue weighted by atomic mass is 10.2. The van der Waals surface area contributed by atoms with Gasteiger partial charge in [0.1, 0.15) is 5.76 Å². The van der Waals surface area contributed by atoms with E-state index in [2.05, 4.69) is 5.32 Å². The van der Waals surface area contributed by atoms with Crippen molar-refractivity contribution in [1.29, 1.82) is 0 Å². The van der Waals surface area contributed by atoms with Crippen LogP contribution in [0, 0.1) is 6.92 Å². The van der Waals surface area contributed by atoms with Crippen molar-refractivity contribution >= 4 is 29.2 Å². The van der Waals surface area contributed by atoms with Gasteiger partial charge in [0, 0.05) is 17.1 Å². The van der Waals surface area contributed by atoms with Gasteiger partial charge in [0.25, 0.3) is 5.91 Å². The Morgan fingerprint density at radius 2 is 2.14 bits per heavy atom. The molecule has 0 saturated carbocycles. The fourth-order valence-corrected chi connectivity index (χ4v) is 1.99. The Kier molecular flexibility index (Phi) is 5.61. The maximum Gasteiger partial charge on any atom is 0.306 e. The number of rotatable bonds is 6. The summed E-state index contributed by atoms with van der Waals surface area (Å²) < 4.78 is 10.0. The second-order valence-corrected chi connectivity index (χ2v) is 5.18. The van der Waals surface area contributed by atoms with Crippen LogP contribution in [-0.2, 0) is 20.7 Å². The molecule has 0 aliphatic heterocycles. The minimum Gasteiger partial charge on any atom is -0.469 e. The predicted molar refractivity (Wildman–Crippen MR) is 82.8 cm³/mol. The molecule has 0 bridgehead atoms. The largest absolute Gasteiger partial charge is 0.469 e. The first-order valence-electron chi connectivity index (χ1n) is 6.78. The molecule has 22 heavy (non-hydrogen) atoms. The average Bonchev–Trinajstić information content (AvgIpc) is 3.00. The highest BCUT2D eigenvalue weighted by molar-refractivity contribution is 6.31. The number of nitrogens with one attached hydrogen (secondary N) is 1. The summed E-state index contributed by atoms with van der Waals surface area (Å²) in [4.78, 5) is 23.3. The first-order valence-corrected chi connectivity index (χ1v) is 7.16. The van der Waals surface area contributed by atoms with Gasteiger partial charge in [-0.15, -0.1) is 0 Å². The van der Waals surface area contributed by atoms with Crippen molar-refractivity contribution in [3.05, 3.63) is 52.9 Å². The van der Waals surface area contributed by atoms with Crippen molar-refractivity contribution in [3.8, 4) is 0 Å². The van der Waals surface area contributed by atoms with Crippen LogP contribution in [-0.4, -0.2) is 18.5 Å². The van der Waals surface area contributed by atoms with Gasteiger partial charge in [0.05, 0.1) is 12.7 Å². The molecule has 2 rings (SSSR count). The molecular weight excluding hydrogens is 306 g/mol. The molecule has 1 aromatic heterocycles. The van der Waals surface area contributed by atoms with E-state index in [1.807, 2.05) is 6.92 Å². The number of carbonyl (C=O) groups excluding carboxylic acids is 2. The Balaban J connectivity index is 1.75. The molecule has 116 valence electrons. The number of hydrogen-bond donors (Lipinski definition) is 1. The van der Waals surface area contributed by atoms with Gasteiger partial charge in [-0.05, 0) is 36.8 Å². The summed E-state index contributed by atoms with van der Waals surface area (Å²) in [7, 11) is 0. The molecule has 1 N–H and O–H groups in total. The van der Waals surface area contributed by atoms with Crippen molar-refractivity contribution in [2.45, 2.75) is 19.8 Å². The van der Waals surface area contributed by atoms with Crippen LogP contribution in [0.15, 0.2) is 41.0 Å². The molecule has 0 saturated heterocycles. The second-order valence-electron chi connectivity index (χ2n) is 4.75. The molecule has 6 heteroatoms. The van der Waals surface area contributed by atoms with Crippen LogP contribution >= 0.6 is 11.6 Å². The summed E-state index contributed by atoms with van der Waals surface area (Å²) in [6, 6.07) is 8.71. The number of furan rings is 1. The van der Waals surface area contributed by atoms with Crippen molar-refractivity contribution in [2.24, 2.45) is 0 Å². The molecule has 1 heterocycles. The molecule has 5 nitrogen and oxygen atoms in total. The summed E-state index contributed by atoms with van der Waals surface area (Å²) in [6.07, 6.45) is 2.15. The van der Waals surface area contributed by atoms with Crippen LogP contribution < -0.4 is 5.32 Å². The zero-order chi connectivity index (χ0) is 15.9. The Morgan fingerprint density at radius 3 is 2.86 bits per heavy atom. The Morgan fingerprint density at radius 1 is 1.32 bits per heavy atom. The number of benzene rings is 1. The Labute approximate surface area is 133 Å². The minimum absolute atomic E-state index is 0.164. The van der Waals surface area contributed by atoms with E-state index in [-0.39, 0.29) is 13.0 Å². The third-order valence-electron chi connectivity index (χ3n) is 2.99. The molecule has 0 aliphatic carbocycles. The second kappa shape index (κ2) is 7.66. The maximum absolute atomic E-state index is 11.8. The van der Waals surface area contributed by atoms with Gasteiger partial charge in [-0.3, -0.25) is 9.59 Å². The number of hydrogen-bond acceptors (Lipinski definition) is 4. The number of aryl methyl sites for hydroxylation is 2. The zero-order valence-electron chi connectivity index (χ0n) is 12.1. The highest BCUT2D eigenvalue weighted by Gasteiger charge is 2.10. The molecule has 2 aromatic rings. The molecule has 0 atom stereocenters. The van der Waals surface area contributed by atoms with Gasteiger partial charge in [-0.25, -0.2) is 0 Å². The third-order valence-corrected chi connectivity index (χ3v) is 3.23. The normalized spacial score (nSPS) is 10.3. The van der Waals surface area contributed by atoms with Gasteiger partial charge in [-0.2, -0.15) is 0 Å². The minimum atomic E-state index is -0.450. The van der Waals surface area contributed by atoms with Crippen molar-refractivity contribution in [2.75, 3.05) is 11.9 Å². The van der Waals surface area contributed by atoms with Crippen molar-refractivity contribution in [1.82, 2.24) is 0 Å². The predicted octanol–water partition coefficient (Wildman–Crippen LogP) is 3.36. The Bertz CT molecular complexity index is 652. The number of esters is 1. The highest BCUT2D eigenvalue weighted by atomic mass is 35.5. The highest BCUT2D eigenvalue weighted by Crippen LogP contribution is 2.20. The number of amides is 1. The van der Waals surface area contributed by atoms with E-state index in [4.69, 9.17) is 20.8 Å². The van der Waals surface area contributed by atoms with Crippen LogP contribution in [0.25, 0.3) is 0 Å². The average molecular weight is 322 g/mol. The fraction of sp³-hybridized carbons (Fsp3) is 0.250. The molecule has 0 spiro atoms. The van der Waals surface area contributed by atoms with E-state index in [0.717, 1.165) is 5.56 Å². The van der Waals surface area contributed by atoms with E-state index in [9.17, 15) is 9.59 Å². The number of halogens is 1. The van der Waals surface area contributed by atoms with E-state index < -0.39 is 11.9 Å². The van der Waals surface area contributed by atoms with Gasteiger partial charge in [-0.1, -0.05) is 17.7 Å². The molecule has 0 aliphatic rings. The molecule has 1 amide bonds. The quantitative estimate of drug-likeness (QED) is 0.828. The lowest BCUT2D eigenvalue weighted by molar-refractivity contribution is -0.147. The van der Waals surface area contributed by atoms with Gasteiger partial charge >= 0.3 is 5.97 Å². The number of ether oxygens (including phenoxy) is 1. The van der Waals surface area contributed by atoms with Crippen LogP contribution in [0.4, 0.5) is 5.69 Å². The first kappa shape index (κ1) is 16.1. The molecule has 1 aromatic carbocycles. The van der Waals surface area contributed by atoms with Crippen LogP contribution in [0.1, 0.15) is 17.7 Å². The topological polar surface area (TPSA) is 68.5 Å². The van der Waals surface area contributed by atoms with Crippen LogP contribution in [0.3, 0.4) is 0 Å². The van der Waals surface area contributed by atoms with Crippen molar-refractivity contribution in [3.63, 3.8) is 0 Å². The summed E-state index contributed by atoms with van der Waals surface area (Å²) in [5, 5.41) is 3.18. The summed E-state index contributed by atoms with van der Waals surface area (Å²) in [6.45, 7) is 1.52. The monoisotopic (exact) mass is 321 g/mol. The smallest absolute Gasteiger partial charge is 0.306 e. The van der Waals surface area contributed by atoms with E-state index >= 15 is 0 Å². The fourth-order valence-electron chi connectivity index (χ4n) is 1.81. The SMILES string of the molecule is Cc1ccc(Cl)cc1NC(=O)COC(=O)CCc1ccco1. The van der Waals surface area contributed by atoms with Gasteiger partial charge in [0.15, 0.2) is 6.61 Å². The van der Waals surface area contributed by atoms with Crippen LogP contribution in [0.2, 0.25) is 5.02 Å². The van der Waals surface area contributed by atoms with E-state index in [1.165, 1.54) is 0 Å². The lowest BCUT2D eigenvalue weighted by Gasteiger charge is -2.09. The summed E-state index contributed by atoms with van der Waals surface area (Å²) in [5.74, 6) is -0.151. The molecule has 0 radical (unpaired) electrons. The molecular formula is C16H16ClNO4. The molecule has 0 unspecified atom stereocenters. The van der Waals surface area contributed by atoms with Crippen molar-refractivity contribution < 1.29 is 18.7 Å². The molecule has 0 fully saturated rings. The Hall–Kier alpha value is -2.27. The van der Waals surface area contributed by atoms with Gasteiger partial charge in [0.2, 0.25) is 0 Å². The maximum atomic E-state index is 11.8. The third kappa shape index (κ3) is 4.93. The number of carbonyl (C=O) groups is 2. The summed E-state index contributed by atoms with van der Waals surface area (Å²) in [5.41, 5.74) is 1.48. The summed E-state index contributed by atoms with van der Waals surface area (Å²) >= 11 is 5.87. The first-order chi connectivity index (χ1) is 10.5. The lowest BCUT2D eigenvalue weighted by Crippen LogP contribution is -2.21. The number of anilines is 1. The standard InChI is InChI=1S/C16H16ClNO4/c1-11-4-5-12(17)9-14(11)18-15(19)10-22-16(20)7-6-13-3-2-8-21-13/h2-5,8-9H,6-7,10H2,1H3,(H,18,19). The van der Waals surface area contributed by atoms with E-state index in [0.29, 0.717) is 22.9 Å². The van der Waals surface area contributed by atoms with Crippen LogP contribution in [0.5, 0.6) is 0 Å². The zero-order valence-corrected chi connectivity index (χ0v) is 12.9. The van der Waals surface area contributed by atoms with E-state index in [1.54, 1.807) is 36.6 Å².